The smallest absolute Gasteiger partial charge is 0.251 e. The molecule has 5 heteroatoms. The lowest BCUT2D eigenvalue weighted by atomic mass is 10.1. The average molecular weight is 366 g/mol. The summed E-state index contributed by atoms with van der Waals surface area (Å²) in [5.74, 6) is 0.573. The highest BCUT2D eigenvalue weighted by molar-refractivity contribution is 5.95. The lowest BCUT2D eigenvalue weighted by Crippen LogP contribution is -2.32. The highest BCUT2D eigenvalue weighted by Crippen LogP contribution is 2.24. The van der Waals surface area contributed by atoms with Crippen LogP contribution in [0.2, 0.25) is 0 Å². The van der Waals surface area contributed by atoms with Crippen LogP contribution in [0.3, 0.4) is 0 Å². The second kappa shape index (κ2) is 9.57. The molecular formula is C22H26N2O3. The van der Waals surface area contributed by atoms with E-state index in [0.717, 1.165) is 16.9 Å². The number of nitrogens with zero attached hydrogens (tertiary/aromatic N) is 1. The third kappa shape index (κ3) is 5.20. The van der Waals surface area contributed by atoms with Gasteiger partial charge in [0.05, 0.1) is 13.2 Å². The Kier molecular flexibility index (Phi) is 7.17. The summed E-state index contributed by atoms with van der Waals surface area (Å²) >= 11 is 0. The second-order valence-corrected chi connectivity index (χ2v) is 6.11. The van der Waals surface area contributed by atoms with Gasteiger partial charge in [-0.2, -0.15) is 0 Å². The molecule has 0 heterocycles. The first-order valence-electron chi connectivity index (χ1n) is 8.95. The summed E-state index contributed by atoms with van der Waals surface area (Å²) in [5.41, 5.74) is 2.47. The van der Waals surface area contributed by atoms with Crippen LogP contribution in [0, 0.1) is 0 Å². The van der Waals surface area contributed by atoms with E-state index in [2.05, 4.69) is 5.32 Å². The van der Waals surface area contributed by atoms with Crippen molar-refractivity contribution in [1.29, 1.82) is 0 Å². The number of hydrogen-bond acceptors (Lipinski definition) is 3. The van der Waals surface area contributed by atoms with Gasteiger partial charge in [0.1, 0.15) is 5.75 Å². The third-order valence-electron chi connectivity index (χ3n) is 4.49. The quantitative estimate of drug-likeness (QED) is 0.761. The van der Waals surface area contributed by atoms with E-state index in [9.17, 15) is 9.59 Å². The summed E-state index contributed by atoms with van der Waals surface area (Å²) in [6.07, 6.45) is 3.33. The summed E-state index contributed by atoms with van der Waals surface area (Å²) in [6.45, 7) is 4.56. The number of carbonyl (C=O) groups is 2. The Balaban J connectivity index is 2.11. The summed E-state index contributed by atoms with van der Waals surface area (Å²) in [4.78, 5) is 26.1. The molecule has 0 fully saturated rings. The molecule has 0 saturated heterocycles. The van der Waals surface area contributed by atoms with Gasteiger partial charge in [0, 0.05) is 25.2 Å². The number of methoxy groups -OCH3 is 1. The number of benzene rings is 2. The van der Waals surface area contributed by atoms with Gasteiger partial charge in [0.25, 0.3) is 5.91 Å². The zero-order valence-corrected chi connectivity index (χ0v) is 16.2. The molecule has 2 amide bonds. The lowest BCUT2D eigenvalue weighted by molar-refractivity contribution is -0.127. The fraction of sp³-hybridized carbons (Fsp3) is 0.273. The predicted molar refractivity (Wildman–Crippen MR) is 108 cm³/mol. The van der Waals surface area contributed by atoms with Gasteiger partial charge in [-0.1, -0.05) is 24.3 Å². The molecule has 1 atom stereocenters. The minimum absolute atomic E-state index is 0.0665. The van der Waals surface area contributed by atoms with Crippen molar-refractivity contribution in [2.75, 3.05) is 20.7 Å². The zero-order valence-electron chi connectivity index (χ0n) is 16.2. The van der Waals surface area contributed by atoms with Crippen LogP contribution in [0.5, 0.6) is 5.75 Å². The number of likely N-dealkylation sites (N-methyl/N-ethyl adjacent to an activating group) is 1. The Bertz CT molecular complexity index is 813. The lowest BCUT2D eigenvalue weighted by Gasteiger charge is -2.27. The van der Waals surface area contributed by atoms with Crippen molar-refractivity contribution < 1.29 is 14.3 Å². The number of ether oxygens (including phenoxy) is 1. The van der Waals surface area contributed by atoms with Crippen molar-refractivity contribution in [3.8, 4) is 5.75 Å². The summed E-state index contributed by atoms with van der Waals surface area (Å²) in [6, 6.07) is 14.8. The Labute approximate surface area is 160 Å². The predicted octanol–water partition coefficient (Wildman–Crippen LogP) is 3.68. The van der Waals surface area contributed by atoms with Crippen LogP contribution in [-0.4, -0.2) is 37.4 Å². The number of rotatable bonds is 7. The number of nitrogens with one attached hydrogen (secondary N) is 1. The monoisotopic (exact) mass is 366 g/mol. The maximum absolute atomic E-state index is 12.7. The van der Waals surface area contributed by atoms with Crippen LogP contribution in [0.25, 0.3) is 6.08 Å². The molecule has 0 radical (unpaired) electrons. The summed E-state index contributed by atoms with van der Waals surface area (Å²) < 4.78 is 5.27. The van der Waals surface area contributed by atoms with Crippen molar-refractivity contribution in [2.45, 2.75) is 19.9 Å². The molecule has 0 saturated carbocycles. The van der Waals surface area contributed by atoms with E-state index in [1.54, 1.807) is 43.3 Å². The molecule has 0 aliphatic heterocycles. The van der Waals surface area contributed by atoms with Crippen molar-refractivity contribution in [3.05, 3.63) is 71.3 Å². The van der Waals surface area contributed by atoms with Gasteiger partial charge in [-0.05, 0) is 55.3 Å². The van der Waals surface area contributed by atoms with E-state index >= 15 is 0 Å². The van der Waals surface area contributed by atoms with Gasteiger partial charge in [-0.25, -0.2) is 0 Å². The molecule has 2 aromatic carbocycles. The largest absolute Gasteiger partial charge is 0.497 e. The van der Waals surface area contributed by atoms with Crippen LogP contribution in [0.15, 0.2) is 54.6 Å². The van der Waals surface area contributed by atoms with Crippen LogP contribution in [0.4, 0.5) is 0 Å². The number of carbonyl (C=O) groups excluding carboxylic acids is 2. The first kappa shape index (κ1) is 20.2. The van der Waals surface area contributed by atoms with Crippen molar-refractivity contribution >= 4 is 17.9 Å². The normalized spacial score (nSPS) is 11.9. The van der Waals surface area contributed by atoms with Crippen LogP contribution in [0.1, 0.15) is 41.4 Å². The van der Waals surface area contributed by atoms with Gasteiger partial charge in [-0.15, -0.1) is 0 Å². The molecule has 1 N–H and O–H groups in total. The molecule has 1 unspecified atom stereocenters. The number of hydrogen-bond donors (Lipinski definition) is 1. The van der Waals surface area contributed by atoms with Gasteiger partial charge in [0.2, 0.25) is 5.91 Å². The fourth-order valence-electron chi connectivity index (χ4n) is 2.86. The Morgan fingerprint density at radius 3 is 2.48 bits per heavy atom. The molecule has 27 heavy (non-hydrogen) atoms. The minimum atomic E-state index is -0.133. The Morgan fingerprint density at radius 1 is 1.19 bits per heavy atom. The van der Waals surface area contributed by atoms with E-state index < -0.39 is 0 Å². The molecule has 2 rings (SSSR count). The van der Waals surface area contributed by atoms with Gasteiger partial charge >= 0.3 is 0 Å². The highest BCUT2D eigenvalue weighted by atomic mass is 16.5. The molecule has 0 aromatic heterocycles. The van der Waals surface area contributed by atoms with E-state index in [4.69, 9.17) is 4.74 Å². The van der Waals surface area contributed by atoms with Crippen molar-refractivity contribution in [2.24, 2.45) is 0 Å². The maximum atomic E-state index is 12.7. The molecular weight excluding hydrogens is 340 g/mol. The first-order chi connectivity index (χ1) is 13.0. The van der Waals surface area contributed by atoms with Crippen LogP contribution >= 0.6 is 0 Å². The van der Waals surface area contributed by atoms with E-state index in [1.165, 1.54) is 0 Å². The molecule has 5 nitrogen and oxygen atoms in total. The third-order valence-corrected chi connectivity index (χ3v) is 4.49. The fourth-order valence-corrected chi connectivity index (χ4v) is 2.86. The minimum Gasteiger partial charge on any atom is -0.497 e. The molecule has 0 aliphatic carbocycles. The van der Waals surface area contributed by atoms with E-state index in [1.807, 2.05) is 50.2 Å². The summed E-state index contributed by atoms with van der Waals surface area (Å²) in [7, 11) is 3.22. The Morgan fingerprint density at radius 2 is 1.89 bits per heavy atom. The van der Waals surface area contributed by atoms with Gasteiger partial charge in [0.15, 0.2) is 0 Å². The van der Waals surface area contributed by atoms with E-state index in [-0.39, 0.29) is 17.9 Å². The molecule has 0 spiro atoms. The summed E-state index contributed by atoms with van der Waals surface area (Å²) in [5, 5.41) is 2.58. The molecule has 142 valence electrons. The zero-order chi connectivity index (χ0) is 19.8. The van der Waals surface area contributed by atoms with Crippen LogP contribution in [-0.2, 0) is 4.79 Å². The maximum Gasteiger partial charge on any atom is 0.251 e. The topological polar surface area (TPSA) is 58.6 Å². The molecule has 0 aliphatic rings. The molecule has 0 bridgehead atoms. The second-order valence-electron chi connectivity index (χ2n) is 6.11. The van der Waals surface area contributed by atoms with Crippen LogP contribution < -0.4 is 10.1 Å². The van der Waals surface area contributed by atoms with Crippen molar-refractivity contribution in [1.82, 2.24) is 10.2 Å². The van der Waals surface area contributed by atoms with Crippen molar-refractivity contribution in [3.63, 3.8) is 0 Å². The first-order valence-corrected chi connectivity index (χ1v) is 8.95. The van der Waals surface area contributed by atoms with Gasteiger partial charge in [-0.3, -0.25) is 9.59 Å². The van der Waals surface area contributed by atoms with E-state index in [0.29, 0.717) is 12.1 Å². The number of amides is 2. The molecule has 2 aromatic rings. The average Bonchev–Trinajstić information content (AvgIpc) is 2.72. The Hall–Kier alpha value is -3.08. The highest BCUT2D eigenvalue weighted by Gasteiger charge is 2.18. The van der Waals surface area contributed by atoms with Gasteiger partial charge < -0.3 is 15.0 Å². The standard InChI is InChI=1S/C22H26N2O3/c1-5-24(16(2)19-7-6-8-20(15-19)27-4)21(25)14-11-17-9-12-18(13-10-17)22(26)23-3/h6-16H,5H2,1-4H3,(H,23,26)/b14-11+. The SMILES string of the molecule is CCN(C(=O)/C=C/c1ccc(C(=O)NC)cc1)C(C)c1cccc(OC)c1.